The van der Waals surface area contributed by atoms with Gasteiger partial charge in [0.15, 0.2) is 0 Å². The van der Waals surface area contributed by atoms with Crippen LogP contribution in [0.2, 0.25) is 0 Å². The molecule has 0 bridgehead atoms. The molecular weight excluding hydrogens is 370 g/mol. The third-order valence-corrected chi connectivity index (χ3v) is 8.43. The average Bonchev–Trinajstić information content (AvgIpc) is 2.78. The lowest BCUT2D eigenvalue weighted by Crippen LogP contribution is -2.47. The Kier molecular flexibility index (Phi) is 11.0. The molecule has 0 saturated carbocycles. The molecule has 0 heterocycles. The number of benzene rings is 2. The van der Waals surface area contributed by atoms with E-state index in [4.69, 9.17) is 4.74 Å². The zero-order valence-electron chi connectivity index (χ0n) is 18.7. The molecule has 0 saturated heterocycles. The van der Waals surface area contributed by atoms with Crippen LogP contribution < -0.4 is 5.19 Å². The molecule has 158 valence electrons. The second-order valence-electron chi connectivity index (χ2n) is 7.83. The molecule has 29 heavy (non-hydrogen) atoms. The quantitative estimate of drug-likeness (QED) is 0.398. The van der Waals surface area contributed by atoms with Gasteiger partial charge >= 0.3 is 0 Å². The smallest absolute Gasteiger partial charge is 0.114 e. The van der Waals surface area contributed by atoms with Crippen molar-refractivity contribution in [3.63, 3.8) is 0 Å². The van der Waals surface area contributed by atoms with Gasteiger partial charge in [0.05, 0.1) is 0 Å². The highest BCUT2D eigenvalue weighted by atomic mass is 28.3. The largest absolute Gasteiger partial charge is 0.385 e. The molecule has 0 N–H and O–H groups in total. The Hall–Kier alpha value is -1.68. The van der Waals surface area contributed by atoms with Crippen molar-refractivity contribution in [2.45, 2.75) is 46.5 Å². The summed E-state index contributed by atoms with van der Waals surface area (Å²) in [6.45, 7) is 14.2. The zero-order chi connectivity index (χ0) is 20.9. The van der Waals surface area contributed by atoms with Gasteiger partial charge in [0, 0.05) is 12.8 Å². The van der Waals surface area contributed by atoms with Crippen LogP contribution in [-0.2, 0) is 4.74 Å². The van der Waals surface area contributed by atoms with E-state index in [1.165, 1.54) is 61.3 Å². The molecule has 0 aliphatic rings. The van der Waals surface area contributed by atoms with Crippen LogP contribution in [0.4, 0.5) is 0 Å². The minimum absolute atomic E-state index is 0.802. The summed E-state index contributed by atoms with van der Waals surface area (Å²) >= 11 is 0. The van der Waals surface area contributed by atoms with Crippen molar-refractivity contribution in [2.75, 3.05) is 32.1 Å². The highest BCUT2D eigenvalue weighted by Gasteiger charge is 2.18. The molecule has 0 spiro atoms. The maximum Gasteiger partial charge on any atom is 0.114 e. The highest BCUT2D eigenvalue weighted by molar-refractivity contribution is 6.73. The van der Waals surface area contributed by atoms with Crippen molar-refractivity contribution in [1.29, 1.82) is 0 Å². The Balaban J connectivity index is 2.12. The molecule has 0 aromatic heterocycles. The first-order valence-corrected chi connectivity index (χ1v) is 13.5. The van der Waals surface area contributed by atoms with E-state index in [9.17, 15) is 0 Å². The van der Waals surface area contributed by atoms with E-state index in [0.717, 1.165) is 18.4 Å². The van der Waals surface area contributed by atoms with Gasteiger partial charge in [0.1, 0.15) is 8.80 Å². The highest BCUT2D eigenvalue weighted by Crippen LogP contribution is 2.20. The van der Waals surface area contributed by atoms with Gasteiger partial charge in [-0.2, -0.15) is 0 Å². The third-order valence-electron chi connectivity index (χ3n) is 5.51. The van der Waals surface area contributed by atoms with Crippen LogP contribution in [0.1, 0.15) is 57.6 Å². The van der Waals surface area contributed by atoms with Crippen LogP contribution in [0, 0.1) is 0 Å². The molecule has 0 aliphatic carbocycles. The Morgan fingerprint density at radius 3 is 2.00 bits per heavy atom. The summed E-state index contributed by atoms with van der Waals surface area (Å²) in [5.41, 5.74) is 3.49. The summed E-state index contributed by atoms with van der Waals surface area (Å²) in [5, 5.41) is 1.50. The van der Waals surface area contributed by atoms with Gasteiger partial charge in [0.25, 0.3) is 0 Å². The van der Waals surface area contributed by atoms with Crippen molar-refractivity contribution < 1.29 is 4.74 Å². The van der Waals surface area contributed by atoms with Crippen molar-refractivity contribution in [1.82, 2.24) is 4.90 Å². The first-order valence-electron chi connectivity index (χ1n) is 11.3. The van der Waals surface area contributed by atoms with Gasteiger partial charge in [-0.05, 0) is 55.7 Å². The fraction of sp³-hybridized carbons (Fsp3) is 0.462. The lowest BCUT2D eigenvalue weighted by molar-refractivity contribution is 0.188. The van der Waals surface area contributed by atoms with E-state index in [1.54, 1.807) is 0 Å². The Morgan fingerprint density at radius 1 is 0.862 bits per heavy atom. The molecule has 2 rings (SSSR count). The van der Waals surface area contributed by atoms with E-state index >= 15 is 0 Å². The van der Waals surface area contributed by atoms with Crippen LogP contribution in [0.3, 0.4) is 0 Å². The van der Waals surface area contributed by atoms with Gasteiger partial charge in [0.2, 0.25) is 0 Å². The van der Waals surface area contributed by atoms with Crippen LogP contribution in [0.25, 0.3) is 5.57 Å². The van der Waals surface area contributed by atoms with Crippen molar-refractivity contribution >= 4 is 19.6 Å². The summed E-state index contributed by atoms with van der Waals surface area (Å²) in [7, 11) is -1.20. The van der Waals surface area contributed by atoms with Gasteiger partial charge < -0.3 is 9.64 Å². The Bertz CT molecular complexity index is 690. The lowest BCUT2D eigenvalue weighted by atomic mass is 10.00. The van der Waals surface area contributed by atoms with E-state index in [0.29, 0.717) is 0 Å². The van der Waals surface area contributed by atoms with E-state index in [2.05, 4.69) is 80.8 Å². The molecule has 2 aromatic rings. The van der Waals surface area contributed by atoms with Gasteiger partial charge in [-0.15, -0.1) is 0 Å². The second kappa shape index (κ2) is 13.5. The lowest BCUT2D eigenvalue weighted by Gasteiger charge is -2.27. The average molecular weight is 410 g/mol. The topological polar surface area (TPSA) is 12.5 Å². The molecule has 0 amide bonds. The molecule has 2 nitrogen and oxygen atoms in total. The number of unbranched alkanes of at least 4 members (excludes halogenated alkanes) is 2. The second-order valence-corrected chi connectivity index (χ2v) is 10.6. The summed E-state index contributed by atoms with van der Waals surface area (Å²) < 4.78 is 5.92. The predicted molar refractivity (Wildman–Crippen MR) is 131 cm³/mol. The van der Waals surface area contributed by atoms with Crippen molar-refractivity contribution in [3.05, 3.63) is 72.3 Å². The predicted octanol–water partition coefficient (Wildman–Crippen LogP) is 5.20. The van der Waals surface area contributed by atoms with Crippen LogP contribution in [-0.4, -0.2) is 45.8 Å². The summed E-state index contributed by atoms with van der Waals surface area (Å²) in [4.78, 5) is 2.69. The van der Waals surface area contributed by atoms with Crippen LogP contribution >= 0.6 is 0 Å². The van der Waals surface area contributed by atoms with E-state index in [-0.39, 0.29) is 0 Å². The number of nitrogens with zero attached hydrogens (tertiary/aromatic N) is 1. The summed E-state index contributed by atoms with van der Waals surface area (Å²) in [6.07, 6.45) is 7.22. The zero-order valence-corrected chi connectivity index (χ0v) is 19.9. The normalized spacial score (nSPS) is 12.3. The fourth-order valence-corrected chi connectivity index (χ4v) is 6.40. The maximum atomic E-state index is 5.92. The Labute approximate surface area is 180 Å². The minimum atomic E-state index is -1.20. The molecule has 0 radical (unpaired) electrons. The fourth-order valence-electron chi connectivity index (χ4n) is 3.65. The Morgan fingerprint density at radius 2 is 1.45 bits per heavy atom. The molecule has 0 fully saturated rings. The number of hydrogen-bond acceptors (Lipinski definition) is 2. The molecule has 2 aromatic carbocycles. The van der Waals surface area contributed by atoms with Gasteiger partial charge in [-0.25, -0.2) is 0 Å². The minimum Gasteiger partial charge on any atom is -0.385 e. The van der Waals surface area contributed by atoms with Crippen LogP contribution in [0.5, 0.6) is 0 Å². The summed E-state index contributed by atoms with van der Waals surface area (Å²) in [5.74, 6) is 0. The maximum absolute atomic E-state index is 5.92. The SMILES string of the molecule is C=C(c1ccccc1)c1ccc([SiH](COCC)CN(CCCC)CCCC)cc1. The standard InChI is InChI=1S/C26H39NOSi/c1-5-8-19-27(20-9-6-2)21-29(22-28-7-3)26-17-15-25(16-18-26)23(4)24-13-11-10-12-14-24/h10-18,29H,4-9,19-22H2,1-3H3. The molecule has 1 unspecified atom stereocenters. The number of hydrogen-bond donors (Lipinski definition) is 0. The first-order chi connectivity index (χ1) is 14.2. The van der Waals surface area contributed by atoms with Gasteiger partial charge in [-0.1, -0.05) is 93.1 Å². The molecule has 3 heteroatoms. The van der Waals surface area contributed by atoms with Crippen molar-refractivity contribution in [3.8, 4) is 0 Å². The first kappa shape index (κ1) is 23.6. The number of rotatable bonds is 14. The third kappa shape index (κ3) is 7.92. The summed E-state index contributed by atoms with van der Waals surface area (Å²) in [6, 6.07) is 19.6. The monoisotopic (exact) mass is 409 g/mol. The van der Waals surface area contributed by atoms with E-state index < -0.39 is 8.80 Å². The molecule has 1 atom stereocenters. The molecule has 0 aliphatic heterocycles. The molecular formula is C26H39NOSi. The van der Waals surface area contributed by atoms with Crippen LogP contribution in [0.15, 0.2) is 61.2 Å². The van der Waals surface area contributed by atoms with Crippen molar-refractivity contribution in [2.24, 2.45) is 0 Å². The number of ether oxygens (including phenoxy) is 1. The van der Waals surface area contributed by atoms with E-state index in [1.807, 2.05) is 6.07 Å². The van der Waals surface area contributed by atoms with Gasteiger partial charge in [-0.3, -0.25) is 0 Å².